The van der Waals surface area contributed by atoms with E-state index in [1.807, 2.05) is 12.3 Å². The highest BCUT2D eigenvalue weighted by Crippen LogP contribution is 2.37. The van der Waals surface area contributed by atoms with Gasteiger partial charge in [0, 0.05) is 74.8 Å². The number of fused-ring (bicyclic) bond motifs is 1. The van der Waals surface area contributed by atoms with E-state index in [4.69, 9.17) is 25.9 Å². The number of nitrogens with two attached hydrogens (primary N) is 2. The summed E-state index contributed by atoms with van der Waals surface area (Å²) in [5, 5.41) is 20.9. The third-order valence-electron chi connectivity index (χ3n) is 7.87. The molecule has 2 fully saturated rings. The van der Waals surface area contributed by atoms with Crippen LogP contribution in [0.5, 0.6) is 0 Å². The Kier molecular flexibility index (Phi) is 11.4. The number of benzene rings is 2. The van der Waals surface area contributed by atoms with Crippen LogP contribution < -0.4 is 21.3 Å². The summed E-state index contributed by atoms with van der Waals surface area (Å²) in [6.07, 6.45) is 4.85. The average Bonchev–Trinajstić information content (AvgIpc) is 3.59. The summed E-state index contributed by atoms with van der Waals surface area (Å²) in [7, 11) is 0. The molecule has 16 heteroatoms. The number of non-ortho nitro benzene ring substituents is 2. The van der Waals surface area contributed by atoms with Crippen molar-refractivity contribution < 1.29 is 24.1 Å². The number of aliphatic imine (C=N–C) groups is 1. The van der Waals surface area contributed by atoms with Crippen molar-refractivity contribution >= 4 is 52.1 Å². The topological polar surface area (TPSA) is 218 Å². The molecule has 2 aromatic heterocycles. The second-order valence-electron chi connectivity index (χ2n) is 11.0. The Morgan fingerprint density at radius 2 is 1.22 bits per heavy atom. The second-order valence-corrected chi connectivity index (χ2v) is 11.0. The number of morpholine rings is 2. The molecule has 0 unspecified atom stereocenters. The molecule has 0 aliphatic carbocycles. The van der Waals surface area contributed by atoms with Crippen LogP contribution in [-0.2, 0) is 15.9 Å². The number of ether oxygens (including phenoxy) is 2. The average molecular weight is 670 g/mol. The molecule has 7 rings (SSSR count). The molecule has 49 heavy (non-hydrogen) atoms. The fourth-order valence-electron chi connectivity index (χ4n) is 5.23. The smallest absolute Gasteiger partial charge is 0.269 e. The Morgan fingerprint density at radius 1 is 0.714 bits per heavy atom. The molecule has 16 nitrogen and oxygen atoms in total. The highest BCUT2D eigenvalue weighted by molar-refractivity contribution is 6.07. The highest BCUT2D eigenvalue weighted by Gasteiger charge is 2.24. The van der Waals surface area contributed by atoms with E-state index in [2.05, 4.69) is 19.8 Å². The lowest BCUT2D eigenvalue weighted by molar-refractivity contribution is -0.385. The first-order valence-electron chi connectivity index (χ1n) is 15.4. The Balaban J connectivity index is 0.000000159. The molecule has 5 heterocycles. The summed E-state index contributed by atoms with van der Waals surface area (Å²) < 4.78 is 10.7. The molecule has 3 aliphatic rings. The summed E-state index contributed by atoms with van der Waals surface area (Å²) in [6, 6.07) is 15.6. The standard InChI is InChI=1S/C17H16N4O3.C9H14N4O.C7H5NO3/c22-21(23)14-3-1-12(2-4-14)15-11-13-5-6-18-17(16(13)19-15)20-7-9-24-10-8-20;10-7-1-2-12-9(8(7)11)13-3-5-14-6-4-13;9-5-6-1-3-7(4-2-6)8(10)11/h1-6H,7-11H2;1-2H,3-6,11H2,(H2,10,12);1-5H. The molecule has 2 aromatic carbocycles. The summed E-state index contributed by atoms with van der Waals surface area (Å²) in [5.41, 5.74) is 17.1. The maximum atomic E-state index is 10.8. The molecule has 0 amide bonds. The molecule has 0 saturated carbocycles. The number of hydrogen-bond donors (Lipinski definition) is 2. The van der Waals surface area contributed by atoms with Crippen LogP contribution in [0.1, 0.15) is 21.5 Å². The van der Waals surface area contributed by atoms with Crippen molar-refractivity contribution in [1.29, 1.82) is 0 Å². The van der Waals surface area contributed by atoms with Gasteiger partial charge in [-0.05, 0) is 47.5 Å². The van der Waals surface area contributed by atoms with Gasteiger partial charge >= 0.3 is 0 Å². The third-order valence-corrected chi connectivity index (χ3v) is 7.87. The summed E-state index contributed by atoms with van der Waals surface area (Å²) in [6.45, 7) is 6.10. The zero-order valence-electron chi connectivity index (χ0n) is 26.5. The van der Waals surface area contributed by atoms with Gasteiger partial charge in [-0.2, -0.15) is 0 Å². The number of nitro groups is 2. The lowest BCUT2D eigenvalue weighted by atomic mass is 10.0. The fraction of sp³-hybridized carbons (Fsp3) is 0.273. The van der Waals surface area contributed by atoms with Crippen LogP contribution >= 0.6 is 0 Å². The van der Waals surface area contributed by atoms with Crippen molar-refractivity contribution in [2.24, 2.45) is 4.99 Å². The van der Waals surface area contributed by atoms with Crippen LogP contribution in [0.3, 0.4) is 0 Å². The number of carbonyl (C=O) groups is 1. The van der Waals surface area contributed by atoms with Gasteiger partial charge in [0.25, 0.3) is 11.4 Å². The molecule has 254 valence electrons. The van der Waals surface area contributed by atoms with Gasteiger partial charge in [-0.25, -0.2) is 15.0 Å². The SMILES string of the molecule is Nc1ccnc(N2CCOCC2)c1N.O=Cc1ccc([N+](=O)[O-])cc1.O=[N+]([O-])c1ccc(C2=Nc3c(ccnc3N3CCOCC3)C2)cc1. The molecular weight excluding hydrogens is 634 g/mol. The minimum absolute atomic E-state index is 0.00407. The van der Waals surface area contributed by atoms with Crippen LogP contribution in [0.2, 0.25) is 0 Å². The van der Waals surface area contributed by atoms with Gasteiger partial charge < -0.3 is 30.7 Å². The lowest BCUT2D eigenvalue weighted by Crippen LogP contribution is -2.37. The molecule has 3 aliphatic heterocycles. The number of nitrogens with zero attached hydrogens (tertiary/aromatic N) is 7. The van der Waals surface area contributed by atoms with Crippen LogP contribution in [-0.4, -0.2) is 84.4 Å². The maximum Gasteiger partial charge on any atom is 0.269 e. The number of nitro benzene ring substituents is 2. The van der Waals surface area contributed by atoms with Crippen molar-refractivity contribution in [3.05, 3.63) is 110 Å². The first-order chi connectivity index (χ1) is 23.7. The number of nitrogen functional groups attached to an aromatic ring is 2. The van der Waals surface area contributed by atoms with Crippen LogP contribution in [0.15, 0.2) is 78.0 Å². The van der Waals surface area contributed by atoms with Gasteiger partial charge in [-0.1, -0.05) is 0 Å². The van der Waals surface area contributed by atoms with Gasteiger partial charge in [0.05, 0.1) is 53.4 Å². The van der Waals surface area contributed by atoms with E-state index in [1.165, 1.54) is 36.4 Å². The molecule has 0 bridgehead atoms. The number of aldehydes is 1. The molecule has 0 radical (unpaired) electrons. The van der Waals surface area contributed by atoms with Crippen LogP contribution in [0, 0.1) is 20.2 Å². The van der Waals surface area contributed by atoms with Gasteiger partial charge in [0.1, 0.15) is 12.0 Å². The first kappa shape index (κ1) is 34.3. The van der Waals surface area contributed by atoms with E-state index >= 15 is 0 Å². The van der Waals surface area contributed by atoms with Gasteiger partial charge in [0.15, 0.2) is 11.6 Å². The number of aromatic nitrogens is 2. The number of hydrogen-bond acceptors (Lipinski definition) is 14. The Bertz CT molecular complexity index is 1810. The molecule has 2 saturated heterocycles. The molecule has 4 aromatic rings. The van der Waals surface area contributed by atoms with Crippen molar-refractivity contribution in [2.75, 3.05) is 73.9 Å². The van der Waals surface area contributed by atoms with E-state index in [0.717, 1.165) is 73.6 Å². The van der Waals surface area contributed by atoms with E-state index in [-0.39, 0.29) is 11.4 Å². The Labute approximate surface area is 281 Å². The fourth-order valence-corrected chi connectivity index (χ4v) is 5.23. The van der Waals surface area contributed by atoms with Crippen molar-refractivity contribution in [2.45, 2.75) is 6.42 Å². The maximum absolute atomic E-state index is 10.8. The number of rotatable bonds is 6. The minimum atomic E-state index is -0.505. The first-order valence-corrected chi connectivity index (χ1v) is 15.4. The summed E-state index contributed by atoms with van der Waals surface area (Å²) in [4.78, 5) is 47.9. The van der Waals surface area contributed by atoms with E-state index in [1.54, 1.807) is 24.4 Å². The summed E-state index contributed by atoms with van der Waals surface area (Å²) >= 11 is 0. The predicted molar refractivity (Wildman–Crippen MR) is 185 cm³/mol. The van der Waals surface area contributed by atoms with Gasteiger partial charge in [-0.3, -0.25) is 25.0 Å². The Hall–Kier alpha value is -6.00. The summed E-state index contributed by atoms with van der Waals surface area (Å²) in [5.74, 6) is 1.67. The minimum Gasteiger partial charge on any atom is -0.397 e. The van der Waals surface area contributed by atoms with Crippen LogP contribution in [0.4, 0.5) is 40.1 Å². The van der Waals surface area contributed by atoms with Gasteiger partial charge in [-0.15, -0.1) is 0 Å². The zero-order chi connectivity index (χ0) is 34.8. The van der Waals surface area contributed by atoms with Gasteiger partial charge in [0.2, 0.25) is 0 Å². The number of pyridine rings is 2. The second kappa shape index (κ2) is 16.2. The predicted octanol–water partition coefficient (Wildman–Crippen LogP) is 3.99. The van der Waals surface area contributed by atoms with Crippen molar-refractivity contribution in [3.63, 3.8) is 0 Å². The highest BCUT2D eigenvalue weighted by atomic mass is 16.6. The monoisotopic (exact) mass is 669 g/mol. The third kappa shape index (κ3) is 8.68. The quantitative estimate of drug-likeness (QED) is 0.169. The molecule has 0 atom stereocenters. The number of carbonyl (C=O) groups excluding carboxylic acids is 1. The van der Waals surface area contributed by atoms with E-state index < -0.39 is 9.85 Å². The van der Waals surface area contributed by atoms with Crippen molar-refractivity contribution in [3.8, 4) is 0 Å². The number of anilines is 4. The normalized spacial score (nSPS) is 15.1. The van der Waals surface area contributed by atoms with E-state index in [0.29, 0.717) is 42.9 Å². The van der Waals surface area contributed by atoms with Crippen molar-refractivity contribution in [1.82, 2.24) is 9.97 Å². The lowest BCUT2D eigenvalue weighted by Gasteiger charge is -2.28. The van der Waals surface area contributed by atoms with Crippen LogP contribution in [0.25, 0.3) is 0 Å². The molecule has 0 spiro atoms. The zero-order valence-corrected chi connectivity index (χ0v) is 26.5. The Morgan fingerprint density at radius 3 is 1.78 bits per heavy atom. The molecule has 4 N–H and O–H groups in total. The van der Waals surface area contributed by atoms with E-state index in [9.17, 15) is 25.0 Å². The largest absolute Gasteiger partial charge is 0.397 e. The molecular formula is C33H35N9O7.